The van der Waals surface area contributed by atoms with Gasteiger partial charge in [-0.1, -0.05) is 12.1 Å². The van der Waals surface area contributed by atoms with Crippen LogP contribution in [-0.4, -0.2) is 48.3 Å². The van der Waals surface area contributed by atoms with Crippen LogP contribution >= 0.6 is 0 Å². The van der Waals surface area contributed by atoms with Crippen LogP contribution in [0.2, 0.25) is 0 Å². The van der Waals surface area contributed by atoms with Crippen LogP contribution in [0, 0.1) is 11.8 Å². The zero-order valence-corrected chi connectivity index (χ0v) is 16.7. The van der Waals surface area contributed by atoms with Gasteiger partial charge in [-0.2, -0.15) is 0 Å². The lowest BCUT2D eigenvalue weighted by Crippen LogP contribution is -2.45. The quantitative estimate of drug-likeness (QED) is 0.696. The number of carbonyl (C=O) groups excluding carboxylic acids is 3. The molecule has 1 aliphatic heterocycles. The molecule has 0 bridgehead atoms. The molecule has 0 aromatic heterocycles. The van der Waals surface area contributed by atoms with Crippen molar-refractivity contribution in [3.05, 3.63) is 41.5 Å². The number of rotatable bonds is 7. The number of piperidine rings is 1. The molecule has 0 radical (unpaired) electrons. The van der Waals surface area contributed by atoms with Crippen LogP contribution in [0.3, 0.4) is 0 Å². The maximum Gasteiger partial charge on any atom is 0.251 e. The number of nitrogens with one attached hydrogen (secondary N) is 2. The highest BCUT2D eigenvalue weighted by Gasteiger charge is 2.29. The van der Waals surface area contributed by atoms with E-state index in [4.69, 9.17) is 0 Å². The second kappa shape index (κ2) is 8.80. The van der Waals surface area contributed by atoms with Crippen molar-refractivity contribution < 1.29 is 14.4 Å². The molecule has 2 N–H and O–H groups in total. The van der Waals surface area contributed by atoms with Crippen molar-refractivity contribution in [2.24, 2.45) is 11.8 Å². The minimum atomic E-state index is -0.107. The van der Waals surface area contributed by atoms with Gasteiger partial charge in [-0.15, -0.1) is 0 Å². The summed E-state index contributed by atoms with van der Waals surface area (Å²) in [5.74, 6) is 0.524. The fourth-order valence-electron chi connectivity index (χ4n) is 3.62. The van der Waals surface area contributed by atoms with Gasteiger partial charge < -0.3 is 15.5 Å². The lowest BCUT2D eigenvalue weighted by Gasteiger charge is -2.31. The van der Waals surface area contributed by atoms with E-state index in [-0.39, 0.29) is 23.6 Å². The van der Waals surface area contributed by atoms with E-state index in [1.165, 1.54) is 12.8 Å². The Labute approximate surface area is 171 Å². The van der Waals surface area contributed by atoms with Gasteiger partial charge in [0.2, 0.25) is 11.8 Å². The largest absolute Gasteiger partial charge is 0.356 e. The third-order valence-corrected chi connectivity index (χ3v) is 5.87. The Hall–Kier alpha value is -2.63. The van der Waals surface area contributed by atoms with Crippen LogP contribution in [0.5, 0.6) is 0 Å². The highest BCUT2D eigenvalue weighted by atomic mass is 16.2. The molecule has 1 aromatic carbocycles. The molecule has 3 aliphatic rings. The minimum absolute atomic E-state index is 0.0431. The Morgan fingerprint density at radius 2 is 1.79 bits per heavy atom. The average Bonchev–Trinajstić information content (AvgIpc) is 3.66. The van der Waals surface area contributed by atoms with E-state index in [1.807, 2.05) is 12.1 Å². The standard InChI is InChI=1S/C23H29N3O3/c27-21(26-13-1-2-19(15-26)22(28)24-14-17-3-4-17)12-7-16-5-8-18(9-6-16)23(29)25-20-10-11-20/h5-9,12,17,19-20H,1-4,10-11,13-15H2,(H,24,28)(H,25,29)/b12-7+. The van der Waals surface area contributed by atoms with Gasteiger partial charge >= 0.3 is 0 Å². The first-order valence-electron chi connectivity index (χ1n) is 10.7. The molecule has 154 valence electrons. The maximum absolute atomic E-state index is 12.6. The molecule has 3 fully saturated rings. The van der Waals surface area contributed by atoms with Crippen LogP contribution < -0.4 is 10.6 Å². The highest BCUT2D eigenvalue weighted by molar-refractivity contribution is 5.95. The van der Waals surface area contributed by atoms with E-state index in [0.29, 0.717) is 30.6 Å². The molecule has 1 heterocycles. The van der Waals surface area contributed by atoms with Gasteiger partial charge in [0, 0.05) is 37.3 Å². The van der Waals surface area contributed by atoms with Crippen LogP contribution in [0.25, 0.3) is 6.08 Å². The third-order valence-electron chi connectivity index (χ3n) is 5.87. The van der Waals surface area contributed by atoms with Gasteiger partial charge in [0.1, 0.15) is 0 Å². The van der Waals surface area contributed by atoms with Crippen LogP contribution in [0.1, 0.15) is 54.4 Å². The van der Waals surface area contributed by atoms with Gasteiger partial charge in [0.25, 0.3) is 5.91 Å². The monoisotopic (exact) mass is 395 g/mol. The summed E-state index contributed by atoms with van der Waals surface area (Å²) in [5, 5.41) is 6.00. The van der Waals surface area contributed by atoms with Gasteiger partial charge in [-0.3, -0.25) is 14.4 Å². The minimum Gasteiger partial charge on any atom is -0.356 e. The Kier molecular flexibility index (Phi) is 5.97. The number of nitrogens with zero attached hydrogens (tertiary/aromatic N) is 1. The molecule has 1 unspecified atom stereocenters. The van der Waals surface area contributed by atoms with Crippen molar-refractivity contribution in [3.63, 3.8) is 0 Å². The lowest BCUT2D eigenvalue weighted by molar-refractivity contribution is -0.132. The van der Waals surface area contributed by atoms with E-state index in [0.717, 1.165) is 37.8 Å². The number of likely N-dealkylation sites (tertiary alicyclic amines) is 1. The lowest BCUT2D eigenvalue weighted by atomic mass is 9.97. The molecule has 1 atom stereocenters. The first-order chi connectivity index (χ1) is 14.1. The number of carbonyl (C=O) groups is 3. The summed E-state index contributed by atoms with van der Waals surface area (Å²) in [5.41, 5.74) is 1.51. The van der Waals surface area contributed by atoms with Crippen molar-refractivity contribution in [1.29, 1.82) is 0 Å². The van der Waals surface area contributed by atoms with Crippen LogP contribution in [0.4, 0.5) is 0 Å². The summed E-state index contributed by atoms with van der Waals surface area (Å²) in [6.07, 6.45) is 9.58. The molecule has 1 aromatic rings. The summed E-state index contributed by atoms with van der Waals surface area (Å²) < 4.78 is 0. The summed E-state index contributed by atoms with van der Waals surface area (Å²) in [4.78, 5) is 38.7. The Morgan fingerprint density at radius 1 is 1.03 bits per heavy atom. The highest BCUT2D eigenvalue weighted by Crippen LogP contribution is 2.28. The Morgan fingerprint density at radius 3 is 2.48 bits per heavy atom. The molecule has 0 spiro atoms. The first-order valence-corrected chi connectivity index (χ1v) is 10.7. The molecular formula is C23H29N3O3. The van der Waals surface area contributed by atoms with Gasteiger partial charge in [-0.05, 0) is 68.2 Å². The fraction of sp³-hybridized carbons (Fsp3) is 0.522. The van der Waals surface area contributed by atoms with Crippen molar-refractivity contribution >= 4 is 23.8 Å². The van der Waals surface area contributed by atoms with Crippen LogP contribution in [-0.2, 0) is 9.59 Å². The number of hydrogen-bond donors (Lipinski definition) is 2. The molecule has 4 rings (SSSR count). The predicted molar refractivity (Wildman–Crippen MR) is 111 cm³/mol. The Balaban J connectivity index is 1.27. The molecule has 1 saturated heterocycles. The number of hydrogen-bond acceptors (Lipinski definition) is 3. The molecule has 29 heavy (non-hydrogen) atoms. The summed E-state index contributed by atoms with van der Waals surface area (Å²) in [7, 11) is 0. The Bertz CT molecular complexity index is 794. The average molecular weight is 396 g/mol. The van der Waals surface area contributed by atoms with Crippen molar-refractivity contribution in [2.75, 3.05) is 19.6 Å². The van der Waals surface area contributed by atoms with Gasteiger partial charge in [0.15, 0.2) is 0 Å². The first kappa shape index (κ1) is 19.7. The molecule has 3 amide bonds. The SMILES string of the molecule is O=C(NC1CC1)c1ccc(/C=C/C(=O)N2CCCC(C(=O)NCC3CC3)C2)cc1. The van der Waals surface area contributed by atoms with Crippen molar-refractivity contribution in [1.82, 2.24) is 15.5 Å². The van der Waals surface area contributed by atoms with E-state index in [9.17, 15) is 14.4 Å². The number of amides is 3. The fourth-order valence-corrected chi connectivity index (χ4v) is 3.62. The molecular weight excluding hydrogens is 366 g/mol. The molecule has 2 aliphatic carbocycles. The number of benzene rings is 1. The second-order valence-corrected chi connectivity index (χ2v) is 8.52. The zero-order chi connectivity index (χ0) is 20.2. The third kappa shape index (κ3) is 5.68. The molecule has 6 nitrogen and oxygen atoms in total. The maximum atomic E-state index is 12.6. The summed E-state index contributed by atoms with van der Waals surface area (Å²) in [6, 6.07) is 7.58. The van der Waals surface area contributed by atoms with Crippen molar-refractivity contribution in [2.45, 2.75) is 44.6 Å². The summed E-state index contributed by atoms with van der Waals surface area (Å²) in [6.45, 7) is 1.95. The molecule has 2 saturated carbocycles. The topological polar surface area (TPSA) is 78.5 Å². The second-order valence-electron chi connectivity index (χ2n) is 8.52. The zero-order valence-electron chi connectivity index (χ0n) is 16.7. The molecule has 6 heteroatoms. The van der Waals surface area contributed by atoms with Gasteiger partial charge in [-0.25, -0.2) is 0 Å². The summed E-state index contributed by atoms with van der Waals surface area (Å²) >= 11 is 0. The van der Waals surface area contributed by atoms with Gasteiger partial charge in [0.05, 0.1) is 5.92 Å². The predicted octanol–water partition coefficient (Wildman–Crippen LogP) is 2.36. The van der Waals surface area contributed by atoms with E-state index < -0.39 is 0 Å². The van der Waals surface area contributed by atoms with E-state index in [1.54, 1.807) is 29.2 Å². The van der Waals surface area contributed by atoms with E-state index >= 15 is 0 Å². The van der Waals surface area contributed by atoms with Crippen LogP contribution in [0.15, 0.2) is 30.3 Å². The van der Waals surface area contributed by atoms with E-state index in [2.05, 4.69) is 10.6 Å². The van der Waals surface area contributed by atoms with Crippen molar-refractivity contribution in [3.8, 4) is 0 Å². The normalized spacial score (nSPS) is 21.8. The smallest absolute Gasteiger partial charge is 0.251 e.